The van der Waals surface area contributed by atoms with Crippen LogP contribution in [0.15, 0.2) is 0 Å². The van der Waals surface area contributed by atoms with Gasteiger partial charge in [-0.25, -0.2) is 0 Å². The van der Waals surface area contributed by atoms with E-state index in [1.807, 2.05) is 0 Å². The van der Waals surface area contributed by atoms with Crippen LogP contribution in [0.25, 0.3) is 0 Å². The van der Waals surface area contributed by atoms with Crippen LogP contribution in [0.5, 0.6) is 0 Å². The zero-order valence-electron chi connectivity index (χ0n) is 12.4. The second kappa shape index (κ2) is 7.93. The van der Waals surface area contributed by atoms with Gasteiger partial charge in [-0.3, -0.25) is 0 Å². The lowest BCUT2D eigenvalue weighted by atomic mass is 10.1. The summed E-state index contributed by atoms with van der Waals surface area (Å²) in [5, 5.41) is 0. The molecule has 0 atom stereocenters. The number of alkyl halides is 7. The molecule has 0 saturated heterocycles. The van der Waals surface area contributed by atoms with Gasteiger partial charge in [-0.15, -0.1) is 0 Å². The summed E-state index contributed by atoms with van der Waals surface area (Å²) < 4.78 is 104. The lowest BCUT2D eigenvalue weighted by Crippen LogP contribution is -2.66. The van der Waals surface area contributed by atoms with E-state index in [4.69, 9.17) is 0 Å². The second-order valence-electron chi connectivity index (χ2n) is 4.62. The average molecular weight is 360 g/mol. The number of unbranched alkanes of at least 4 members (excludes halogenated alkanes) is 2. The van der Waals surface area contributed by atoms with Gasteiger partial charge in [0.25, 0.3) is 0 Å². The molecule has 0 heterocycles. The van der Waals surface area contributed by atoms with E-state index in [0.29, 0.717) is 0 Å². The van der Waals surface area contributed by atoms with Gasteiger partial charge in [-0.2, -0.15) is 30.7 Å². The van der Waals surface area contributed by atoms with Crippen molar-refractivity contribution in [1.82, 2.24) is 0 Å². The highest BCUT2D eigenvalue weighted by molar-refractivity contribution is 6.63. The Labute approximate surface area is 125 Å². The van der Waals surface area contributed by atoms with E-state index in [2.05, 4.69) is 13.3 Å². The molecule has 0 aromatic rings. The van der Waals surface area contributed by atoms with Crippen LogP contribution in [-0.4, -0.2) is 47.8 Å². The topological polar surface area (TPSA) is 27.7 Å². The first-order valence-corrected chi connectivity index (χ1v) is 8.09. The standard InChI is InChI=1S/C11H19F7O3Si/c1-19-22(20-2,21-3)11(17,18)9(12,13)7-5-4-6-8-10(14,15)16/h4-8H2,1-3H3. The van der Waals surface area contributed by atoms with Gasteiger partial charge in [-0.05, 0) is 12.8 Å². The molecule has 0 aliphatic carbocycles. The molecule has 0 aliphatic heterocycles. The molecule has 0 radical (unpaired) electrons. The molecule has 0 rings (SSSR count). The quantitative estimate of drug-likeness (QED) is 0.332. The highest BCUT2D eigenvalue weighted by atomic mass is 28.4. The first-order valence-electron chi connectivity index (χ1n) is 6.37. The van der Waals surface area contributed by atoms with Crippen LogP contribution in [-0.2, 0) is 13.3 Å². The number of halogens is 7. The third kappa shape index (κ3) is 5.07. The van der Waals surface area contributed by atoms with Crippen LogP contribution in [0.3, 0.4) is 0 Å². The Morgan fingerprint density at radius 3 is 1.45 bits per heavy atom. The summed E-state index contributed by atoms with van der Waals surface area (Å²) in [4.78, 5) is 0. The highest BCUT2D eigenvalue weighted by Gasteiger charge is 2.75. The molecule has 0 bridgehead atoms. The molecule has 134 valence electrons. The van der Waals surface area contributed by atoms with E-state index in [-0.39, 0.29) is 6.42 Å². The van der Waals surface area contributed by atoms with Crippen LogP contribution in [0, 0.1) is 0 Å². The Balaban J connectivity index is 4.70. The minimum Gasteiger partial charge on any atom is -0.373 e. The van der Waals surface area contributed by atoms with Crippen LogP contribution in [0.1, 0.15) is 32.1 Å². The van der Waals surface area contributed by atoms with Crippen molar-refractivity contribution in [3.05, 3.63) is 0 Å². The zero-order valence-corrected chi connectivity index (χ0v) is 13.4. The Morgan fingerprint density at radius 1 is 0.682 bits per heavy atom. The minimum atomic E-state index is -4.94. The van der Waals surface area contributed by atoms with E-state index in [9.17, 15) is 30.7 Å². The molecule has 0 aromatic carbocycles. The normalized spacial score (nSPS) is 14.5. The van der Waals surface area contributed by atoms with Crippen molar-refractivity contribution in [1.29, 1.82) is 0 Å². The summed E-state index contributed by atoms with van der Waals surface area (Å²) in [5.41, 5.74) is -4.69. The number of hydrogen-bond acceptors (Lipinski definition) is 3. The van der Waals surface area contributed by atoms with Crippen LogP contribution >= 0.6 is 0 Å². The molecule has 0 N–H and O–H groups in total. The molecule has 22 heavy (non-hydrogen) atoms. The predicted molar refractivity (Wildman–Crippen MR) is 65.8 cm³/mol. The third-order valence-electron chi connectivity index (χ3n) is 3.10. The van der Waals surface area contributed by atoms with Crippen LogP contribution in [0.4, 0.5) is 30.7 Å². The highest BCUT2D eigenvalue weighted by Crippen LogP contribution is 2.45. The Bertz CT molecular complexity index is 324. The summed E-state index contributed by atoms with van der Waals surface area (Å²) in [6, 6.07) is 0. The summed E-state index contributed by atoms with van der Waals surface area (Å²) >= 11 is 0. The van der Waals surface area contributed by atoms with Gasteiger partial charge >= 0.3 is 26.4 Å². The largest absolute Gasteiger partial charge is 0.581 e. The summed E-state index contributed by atoms with van der Waals surface area (Å²) in [6.45, 7) is 0. The van der Waals surface area contributed by atoms with Crippen molar-refractivity contribution >= 4 is 8.80 Å². The monoisotopic (exact) mass is 360 g/mol. The van der Waals surface area contributed by atoms with Gasteiger partial charge in [0.1, 0.15) is 0 Å². The maximum atomic E-state index is 14.0. The molecule has 0 aliphatic rings. The molecule has 0 unspecified atom stereocenters. The molecule has 0 aromatic heterocycles. The molecule has 0 amide bonds. The molecule has 3 nitrogen and oxygen atoms in total. The van der Waals surface area contributed by atoms with Crippen molar-refractivity contribution in [3.63, 3.8) is 0 Å². The van der Waals surface area contributed by atoms with Crippen LogP contribution in [0.2, 0.25) is 0 Å². The van der Waals surface area contributed by atoms with E-state index in [1.165, 1.54) is 0 Å². The van der Waals surface area contributed by atoms with Gasteiger partial charge in [0.2, 0.25) is 0 Å². The smallest absolute Gasteiger partial charge is 0.373 e. The Hall–Kier alpha value is -0.393. The molecular weight excluding hydrogens is 341 g/mol. The molecular formula is C11H19F7O3Si. The van der Waals surface area contributed by atoms with Gasteiger partial charge in [0, 0.05) is 34.2 Å². The fourth-order valence-corrected chi connectivity index (χ4v) is 3.71. The van der Waals surface area contributed by atoms with Gasteiger partial charge < -0.3 is 13.3 Å². The first kappa shape index (κ1) is 21.6. The average Bonchev–Trinajstić information content (AvgIpc) is 2.39. The third-order valence-corrected chi connectivity index (χ3v) is 5.85. The molecule has 0 spiro atoms. The Morgan fingerprint density at radius 2 is 1.09 bits per heavy atom. The second-order valence-corrected chi connectivity index (χ2v) is 7.59. The fourth-order valence-electron chi connectivity index (χ4n) is 1.86. The van der Waals surface area contributed by atoms with Crippen molar-refractivity contribution in [2.24, 2.45) is 0 Å². The molecule has 11 heteroatoms. The van der Waals surface area contributed by atoms with E-state index in [0.717, 1.165) is 21.3 Å². The number of hydrogen-bond donors (Lipinski definition) is 0. The molecule has 0 fully saturated rings. The van der Waals surface area contributed by atoms with E-state index >= 15 is 0 Å². The number of rotatable bonds is 10. The summed E-state index contributed by atoms with van der Waals surface area (Å²) in [5.74, 6) is -4.51. The summed E-state index contributed by atoms with van der Waals surface area (Å²) in [7, 11) is -2.63. The van der Waals surface area contributed by atoms with Gasteiger partial charge in [0.15, 0.2) is 0 Å². The van der Waals surface area contributed by atoms with Crippen molar-refractivity contribution in [2.75, 3.05) is 21.3 Å². The van der Waals surface area contributed by atoms with Crippen LogP contribution < -0.4 is 0 Å². The van der Waals surface area contributed by atoms with Crippen molar-refractivity contribution in [2.45, 2.75) is 49.7 Å². The lowest BCUT2D eigenvalue weighted by Gasteiger charge is -2.36. The fraction of sp³-hybridized carbons (Fsp3) is 1.00. The first-order chi connectivity index (χ1) is 9.89. The van der Waals surface area contributed by atoms with E-state index in [1.54, 1.807) is 0 Å². The maximum absolute atomic E-state index is 14.0. The van der Waals surface area contributed by atoms with Gasteiger partial charge in [0.05, 0.1) is 0 Å². The van der Waals surface area contributed by atoms with Crippen molar-refractivity contribution in [3.8, 4) is 0 Å². The molecule has 0 saturated carbocycles. The van der Waals surface area contributed by atoms with E-state index < -0.39 is 52.1 Å². The Kier molecular flexibility index (Phi) is 7.79. The maximum Gasteiger partial charge on any atom is 0.581 e. The zero-order chi connectivity index (χ0) is 17.7. The van der Waals surface area contributed by atoms with Crippen molar-refractivity contribution < 1.29 is 44.0 Å². The SMILES string of the molecule is CO[Si](OC)(OC)C(F)(F)C(F)(F)CCCCCC(F)(F)F. The lowest BCUT2D eigenvalue weighted by molar-refractivity contribution is -0.199. The van der Waals surface area contributed by atoms with Gasteiger partial charge in [-0.1, -0.05) is 6.42 Å². The predicted octanol–water partition coefficient (Wildman–Crippen LogP) is 4.19. The minimum absolute atomic E-state index is 0.243. The summed E-state index contributed by atoms with van der Waals surface area (Å²) in [6.07, 6.45) is -7.94.